The van der Waals surface area contributed by atoms with Crippen molar-refractivity contribution in [1.82, 2.24) is 25.1 Å². The van der Waals surface area contributed by atoms with E-state index in [0.717, 1.165) is 23.4 Å². The van der Waals surface area contributed by atoms with Crippen LogP contribution in [0.1, 0.15) is 57.8 Å². The number of halogens is 3. The Balaban J connectivity index is 0.00000186. The van der Waals surface area contributed by atoms with Crippen molar-refractivity contribution in [2.24, 2.45) is 0 Å². The van der Waals surface area contributed by atoms with Crippen LogP contribution in [0, 0.1) is 25.2 Å². The number of nitrogens with one attached hydrogen (secondary N) is 1. The number of anilines is 1. The number of hydrogen-bond donors (Lipinski definition) is 2. The Bertz CT molecular complexity index is 1460. The molecule has 3 aromatic heterocycles. The van der Waals surface area contributed by atoms with Crippen LogP contribution < -0.4 is 11.1 Å². The number of alkyl halides is 3. The van der Waals surface area contributed by atoms with Gasteiger partial charge >= 0.3 is 6.18 Å². The van der Waals surface area contributed by atoms with Gasteiger partial charge in [-0.05, 0) is 54.8 Å². The zero-order valence-electron chi connectivity index (χ0n) is 20.8. The molecule has 37 heavy (non-hydrogen) atoms. The van der Waals surface area contributed by atoms with Gasteiger partial charge in [0.05, 0.1) is 23.2 Å². The minimum atomic E-state index is -4.50. The fourth-order valence-electron chi connectivity index (χ4n) is 3.79. The Labute approximate surface area is 212 Å². The number of carbonyl (C=O) groups excluding carboxylic acids is 1. The molecule has 1 amide bonds. The van der Waals surface area contributed by atoms with Crippen molar-refractivity contribution in [2.75, 3.05) is 5.73 Å². The van der Waals surface area contributed by atoms with E-state index in [0.29, 0.717) is 28.0 Å². The van der Waals surface area contributed by atoms with Crippen LogP contribution in [0.4, 0.5) is 19.0 Å². The van der Waals surface area contributed by atoms with Crippen LogP contribution in [0.2, 0.25) is 0 Å². The first-order valence-corrected chi connectivity index (χ1v) is 11.5. The topological polar surface area (TPSA) is 123 Å². The third-order valence-electron chi connectivity index (χ3n) is 5.53. The Morgan fingerprint density at radius 3 is 2.57 bits per heavy atom. The van der Waals surface area contributed by atoms with Crippen molar-refractivity contribution >= 4 is 22.6 Å². The summed E-state index contributed by atoms with van der Waals surface area (Å²) in [6, 6.07) is 9.54. The molecule has 3 N–H and O–H groups in total. The summed E-state index contributed by atoms with van der Waals surface area (Å²) in [5.74, 6) is -0.0943. The third-order valence-corrected chi connectivity index (χ3v) is 5.53. The summed E-state index contributed by atoms with van der Waals surface area (Å²) in [5.41, 5.74) is 8.38. The molecule has 0 spiro atoms. The largest absolute Gasteiger partial charge is 0.417 e. The highest BCUT2D eigenvalue weighted by Crippen LogP contribution is 2.30. The van der Waals surface area contributed by atoms with Gasteiger partial charge < -0.3 is 11.1 Å². The summed E-state index contributed by atoms with van der Waals surface area (Å²) in [6.45, 7) is 8.00. The fraction of sp³-hybridized carbons (Fsp3) is 0.269. The molecule has 0 radical (unpaired) electrons. The molecule has 0 bridgehead atoms. The van der Waals surface area contributed by atoms with E-state index in [4.69, 9.17) is 5.73 Å². The number of nitriles is 1. The predicted molar refractivity (Wildman–Crippen MR) is 133 cm³/mol. The number of fused-ring (bicyclic) bond motifs is 1. The molecule has 0 atom stereocenters. The molecule has 1 aromatic carbocycles. The van der Waals surface area contributed by atoms with E-state index in [9.17, 15) is 23.2 Å². The maximum atomic E-state index is 13.0. The molecule has 0 unspecified atom stereocenters. The first-order chi connectivity index (χ1) is 17.5. The van der Waals surface area contributed by atoms with E-state index < -0.39 is 17.6 Å². The lowest BCUT2D eigenvalue weighted by atomic mass is 10.1. The van der Waals surface area contributed by atoms with Crippen molar-refractivity contribution < 1.29 is 18.0 Å². The number of carbonyl (C=O) groups is 1. The van der Waals surface area contributed by atoms with E-state index >= 15 is 0 Å². The SMILES string of the molecule is CC.Cc1cc(N)nc(C)c1CNC(=O)c1cn(Cc2ccc3ncc(C(F)(F)F)cc3c2)nc1C#N. The van der Waals surface area contributed by atoms with Crippen LogP contribution >= 0.6 is 0 Å². The zero-order valence-corrected chi connectivity index (χ0v) is 20.8. The molecule has 4 aromatic rings. The second kappa shape index (κ2) is 11.1. The maximum absolute atomic E-state index is 13.0. The first-order valence-electron chi connectivity index (χ1n) is 11.5. The number of nitrogens with zero attached hydrogens (tertiary/aromatic N) is 5. The number of amides is 1. The molecule has 0 aliphatic rings. The van der Waals surface area contributed by atoms with E-state index in [2.05, 4.69) is 20.4 Å². The van der Waals surface area contributed by atoms with Gasteiger partial charge in [0, 0.05) is 30.0 Å². The van der Waals surface area contributed by atoms with Gasteiger partial charge in [-0.2, -0.15) is 23.5 Å². The molecule has 11 heteroatoms. The lowest BCUT2D eigenvalue weighted by Crippen LogP contribution is -2.24. The first kappa shape index (κ1) is 27.1. The van der Waals surface area contributed by atoms with Gasteiger partial charge in [-0.3, -0.25) is 14.5 Å². The van der Waals surface area contributed by atoms with E-state index in [-0.39, 0.29) is 24.3 Å². The summed E-state index contributed by atoms with van der Waals surface area (Å²) >= 11 is 0. The van der Waals surface area contributed by atoms with Crippen LogP contribution in [0.3, 0.4) is 0 Å². The summed E-state index contributed by atoms with van der Waals surface area (Å²) in [4.78, 5) is 20.8. The second-order valence-electron chi connectivity index (χ2n) is 8.06. The van der Waals surface area contributed by atoms with Crippen molar-refractivity contribution in [3.8, 4) is 6.07 Å². The van der Waals surface area contributed by atoms with Crippen molar-refractivity contribution in [3.05, 3.63) is 81.9 Å². The quantitative estimate of drug-likeness (QED) is 0.394. The number of nitrogens with two attached hydrogens (primary N) is 1. The predicted octanol–water partition coefficient (Wildman–Crippen LogP) is 4.92. The number of nitrogen functional groups attached to an aromatic ring is 1. The minimum absolute atomic E-state index is 0.0619. The molecule has 192 valence electrons. The normalized spacial score (nSPS) is 11.0. The van der Waals surface area contributed by atoms with Gasteiger partial charge in [-0.25, -0.2) is 4.98 Å². The standard InChI is InChI=1S/C24H20F3N7O.C2H6/c1-13-5-22(29)32-14(2)18(13)10-31-23(35)19-12-34(33-21(19)8-28)11-15-3-4-20-16(6-15)7-17(9-30-20)24(25,26)27;1-2/h3-7,9,12H,10-11H2,1-2H3,(H2,29,32)(H,31,35);1-2H3. The minimum Gasteiger partial charge on any atom is -0.384 e. The molecule has 8 nitrogen and oxygen atoms in total. The van der Waals surface area contributed by atoms with Gasteiger partial charge in [0.25, 0.3) is 5.91 Å². The molecular formula is C26H26F3N7O. The molecule has 0 saturated heterocycles. The molecule has 3 heterocycles. The van der Waals surface area contributed by atoms with E-state index in [1.165, 1.54) is 10.9 Å². The van der Waals surface area contributed by atoms with E-state index in [1.54, 1.807) is 31.2 Å². The highest BCUT2D eigenvalue weighted by molar-refractivity contribution is 5.95. The molecule has 0 aliphatic carbocycles. The molecular weight excluding hydrogens is 483 g/mol. The van der Waals surface area contributed by atoms with Gasteiger partial charge in [0.15, 0.2) is 5.69 Å². The number of aromatic nitrogens is 4. The number of hydrogen-bond acceptors (Lipinski definition) is 6. The number of benzene rings is 1. The Morgan fingerprint density at radius 2 is 1.92 bits per heavy atom. The zero-order chi connectivity index (χ0) is 27.3. The maximum Gasteiger partial charge on any atom is 0.417 e. The summed E-state index contributed by atoms with van der Waals surface area (Å²) < 4.78 is 40.5. The van der Waals surface area contributed by atoms with Gasteiger partial charge in [-0.1, -0.05) is 19.9 Å². The Kier molecular flexibility index (Phi) is 8.12. The molecule has 0 fully saturated rings. The molecule has 0 aliphatic heterocycles. The highest BCUT2D eigenvalue weighted by atomic mass is 19.4. The van der Waals surface area contributed by atoms with Crippen LogP contribution in [-0.4, -0.2) is 25.7 Å². The van der Waals surface area contributed by atoms with Crippen LogP contribution in [0.5, 0.6) is 0 Å². The highest BCUT2D eigenvalue weighted by Gasteiger charge is 2.31. The van der Waals surface area contributed by atoms with Crippen LogP contribution in [-0.2, 0) is 19.3 Å². The van der Waals surface area contributed by atoms with Crippen molar-refractivity contribution in [3.63, 3.8) is 0 Å². The fourth-order valence-corrected chi connectivity index (χ4v) is 3.79. The van der Waals surface area contributed by atoms with Crippen LogP contribution in [0.15, 0.2) is 42.7 Å². The van der Waals surface area contributed by atoms with E-state index in [1.807, 2.05) is 26.8 Å². The molecule has 0 saturated carbocycles. The van der Waals surface area contributed by atoms with Crippen molar-refractivity contribution in [1.29, 1.82) is 5.26 Å². The summed E-state index contributed by atoms with van der Waals surface area (Å²) in [7, 11) is 0. The van der Waals surface area contributed by atoms with Gasteiger partial charge in [0.2, 0.25) is 0 Å². The summed E-state index contributed by atoms with van der Waals surface area (Å²) in [5, 5.41) is 16.7. The van der Waals surface area contributed by atoms with Crippen LogP contribution in [0.25, 0.3) is 10.9 Å². The average molecular weight is 510 g/mol. The molecule has 4 rings (SSSR count). The average Bonchev–Trinajstić information content (AvgIpc) is 3.26. The Hall–Kier alpha value is -4.46. The van der Waals surface area contributed by atoms with Gasteiger partial charge in [-0.15, -0.1) is 0 Å². The lowest BCUT2D eigenvalue weighted by molar-refractivity contribution is -0.137. The Morgan fingerprint density at radius 1 is 1.19 bits per heavy atom. The van der Waals surface area contributed by atoms with Gasteiger partial charge in [0.1, 0.15) is 11.9 Å². The number of aryl methyl sites for hydroxylation is 2. The number of pyridine rings is 2. The monoisotopic (exact) mass is 509 g/mol. The summed E-state index contributed by atoms with van der Waals surface area (Å²) in [6.07, 6.45) is -2.27. The van der Waals surface area contributed by atoms with Crippen molar-refractivity contribution in [2.45, 2.75) is 47.0 Å². The smallest absolute Gasteiger partial charge is 0.384 e. The second-order valence-corrected chi connectivity index (χ2v) is 8.06. The third kappa shape index (κ3) is 6.22. The lowest BCUT2D eigenvalue weighted by Gasteiger charge is -2.11. The number of rotatable bonds is 5.